The molecule has 0 aromatic heterocycles. The Hall–Kier alpha value is -1.17. The lowest BCUT2D eigenvalue weighted by molar-refractivity contribution is -0.344. The zero-order valence-corrected chi connectivity index (χ0v) is 14.2. The first-order valence-electron chi connectivity index (χ1n) is 7.58. The van der Waals surface area contributed by atoms with Crippen LogP contribution < -0.4 is 0 Å². The number of rotatable bonds is 6. The minimum atomic E-state index is -1.21. The summed E-state index contributed by atoms with van der Waals surface area (Å²) >= 11 is 0. The second-order valence-corrected chi connectivity index (χ2v) is 6.22. The summed E-state index contributed by atoms with van der Waals surface area (Å²) < 4.78 is 16.5. The van der Waals surface area contributed by atoms with Crippen LogP contribution in [-0.4, -0.2) is 43.3 Å². The third kappa shape index (κ3) is 3.42. The summed E-state index contributed by atoms with van der Waals surface area (Å²) in [6.07, 6.45) is 3.64. The van der Waals surface area contributed by atoms with Crippen molar-refractivity contribution in [2.45, 2.75) is 58.0 Å². The van der Waals surface area contributed by atoms with Crippen molar-refractivity contribution >= 4 is 5.97 Å². The monoisotopic (exact) mass is 312 g/mol. The summed E-state index contributed by atoms with van der Waals surface area (Å²) in [5, 5.41) is 10.8. The Labute approximate surface area is 132 Å². The molecule has 1 saturated heterocycles. The van der Waals surface area contributed by atoms with E-state index in [2.05, 4.69) is 11.3 Å². The van der Waals surface area contributed by atoms with Gasteiger partial charge in [0.1, 0.15) is 6.10 Å². The van der Waals surface area contributed by atoms with Crippen molar-refractivity contribution in [2.24, 2.45) is 5.41 Å². The largest absolute Gasteiger partial charge is 0.466 e. The van der Waals surface area contributed by atoms with Crippen LogP contribution in [0.1, 0.15) is 40.0 Å². The second kappa shape index (κ2) is 7.40. The van der Waals surface area contributed by atoms with E-state index in [4.69, 9.17) is 9.47 Å². The Kier molecular flexibility index (Phi) is 6.35. The van der Waals surface area contributed by atoms with Crippen LogP contribution in [0.25, 0.3) is 0 Å². The molecule has 1 N–H and O–H groups in total. The van der Waals surface area contributed by atoms with E-state index in [0.717, 1.165) is 6.42 Å². The fraction of sp³-hybridized carbons (Fsp3) is 0.706. The van der Waals surface area contributed by atoms with E-state index in [1.54, 1.807) is 6.08 Å². The van der Waals surface area contributed by atoms with E-state index in [-0.39, 0.29) is 6.10 Å². The quantitative estimate of drug-likeness (QED) is 0.464. The predicted octanol–water partition coefficient (Wildman–Crippen LogP) is 2.59. The van der Waals surface area contributed by atoms with E-state index in [1.807, 2.05) is 20.8 Å². The van der Waals surface area contributed by atoms with Crippen molar-refractivity contribution in [2.75, 3.05) is 14.2 Å². The first-order chi connectivity index (χ1) is 10.3. The van der Waals surface area contributed by atoms with Gasteiger partial charge >= 0.3 is 5.97 Å². The van der Waals surface area contributed by atoms with Gasteiger partial charge in [0.2, 0.25) is 5.79 Å². The van der Waals surface area contributed by atoms with Crippen molar-refractivity contribution in [1.29, 1.82) is 0 Å². The molecule has 1 aliphatic rings. The fourth-order valence-electron chi connectivity index (χ4n) is 2.85. The smallest absolute Gasteiger partial charge is 0.330 e. The van der Waals surface area contributed by atoms with Crippen molar-refractivity contribution < 1.29 is 24.1 Å². The number of esters is 1. The van der Waals surface area contributed by atoms with Gasteiger partial charge in [0.05, 0.1) is 13.2 Å². The minimum Gasteiger partial charge on any atom is -0.466 e. The molecule has 0 aromatic rings. The molecule has 126 valence electrons. The molecule has 1 fully saturated rings. The number of methoxy groups -OCH3 is 2. The maximum absolute atomic E-state index is 11.6. The standard InChI is InChI=1S/C17H28O5/c1-7-9-13-10-12(11-14(18)20-5)15(19)17(21-6,22-13)16(3,4)8-2/h7,11,13,15,19H,1,8-10H2,2-6H3/b12-11+/t13-,15+,17-/m1/s1. The molecular weight excluding hydrogens is 284 g/mol. The molecule has 1 aliphatic heterocycles. The Morgan fingerprint density at radius 1 is 1.55 bits per heavy atom. The molecule has 22 heavy (non-hydrogen) atoms. The molecule has 3 atom stereocenters. The maximum atomic E-state index is 11.6. The SMILES string of the molecule is C=CC[C@@H]1C/C(=C\C(=O)OC)[C@H](O)[C@](OC)(C(C)(C)CC)O1. The van der Waals surface area contributed by atoms with Gasteiger partial charge in [-0.15, -0.1) is 6.58 Å². The number of aliphatic hydroxyl groups excluding tert-OH is 1. The molecule has 0 unspecified atom stereocenters. The van der Waals surface area contributed by atoms with Gasteiger partial charge in [0.25, 0.3) is 0 Å². The van der Waals surface area contributed by atoms with Crippen LogP contribution in [0.3, 0.4) is 0 Å². The molecule has 0 saturated carbocycles. The maximum Gasteiger partial charge on any atom is 0.330 e. The summed E-state index contributed by atoms with van der Waals surface area (Å²) in [6.45, 7) is 9.70. The van der Waals surface area contributed by atoms with E-state index in [0.29, 0.717) is 18.4 Å². The minimum absolute atomic E-state index is 0.206. The molecule has 0 aliphatic carbocycles. The van der Waals surface area contributed by atoms with Gasteiger partial charge in [-0.25, -0.2) is 4.79 Å². The number of carbonyl (C=O) groups excluding carboxylic acids is 1. The summed E-state index contributed by atoms with van der Waals surface area (Å²) in [7, 11) is 2.83. The number of aliphatic hydroxyl groups is 1. The van der Waals surface area contributed by atoms with Crippen molar-refractivity contribution in [3.8, 4) is 0 Å². The summed E-state index contributed by atoms with van der Waals surface area (Å²) in [6, 6.07) is 0. The first kappa shape index (κ1) is 18.9. The molecule has 5 nitrogen and oxygen atoms in total. The van der Waals surface area contributed by atoms with Crippen molar-refractivity contribution in [1.82, 2.24) is 0 Å². The zero-order chi connectivity index (χ0) is 17.0. The lowest BCUT2D eigenvalue weighted by Crippen LogP contribution is -2.62. The summed E-state index contributed by atoms with van der Waals surface area (Å²) in [5.41, 5.74) is 0.115. The number of hydrogen-bond acceptors (Lipinski definition) is 5. The molecule has 0 spiro atoms. The number of carbonyl (C=O) groups is 1. The van der Waals surface area contributed by atoms with E-state index in [1.165, 1.54) is 20.3 Å². The summed E-state index contributed by atoms with van der Waals surface area (Å²) in [5.74, 6) is -1.71. The fourth-order valence-corrected chi connectivity index (χ4v) is 2.85. The average Bonchev–Trinajstić information content (AvgIpc) is 2.50. The van der Waals surface area contributed by atoms with Crippen LogP contribution in [0, 0.1) is 5.41 Å². The molecule has 1 heterocycles. The van der Waals surface area contributed by atoms with Gasteiger partial charge < -0.3 is 19.3 Å². The zero-order valence-electron chi connectivity index (χ0n) is 14.2. The molecule has 0 amide bonds. The lowest BCUT2D eigenvalue weighted by atomic mass is 9.73. The Morgan fingerprint density at radius 3 is 2.64 bits per heavy atom. The van der Waals surface area contributed by atoms with Gasteiger partial charge in [0, 0.05) is 18.6 Å². The molecule has 5 heteroatoms. The highest BCUT2D eigenvalue weighted by Crippen LogP contribution is 2.47. The summed E-state index contributed by atoms with van der Waals surface area (Å²) in [4.78, 5) is 11.6. The normalized spacial score (nSPS) is 31.1. The van der Waals surface area contributed by atoms with Gasteiger partial charge in [0.15, 0.2) is 0 Å². The Bertz CT molecular complexity index is 440. The van der Waals surface area contributed by atoms with Crippen LogP contribution in [-0.2, 0) is 19.0 Å². The topological polar surface area (TPSA) is 65.0 Å². The predicted molar refractivity (Wildman–Crippen MR) is 84.2 cm³/mol. The van der Waals surface area contributed by atoms with Crippen LogP contribution in [0.15, 0.2) is 24.3 Å². The third-order valence-electron chi connectivity index (χ3n) is 4.58. The lowest BCUT2D eigenvalue weighted by Gasteiger charge is -2.52. The second-order valence-electron chi connectivity index (χ2n) is 6.22. The van der Waals surface area contributed by atoms with Gasteiger partial charge in [-0.3, -0.25) is 0 Å². The molecule has 0 bridgehead atoms. The molecule has 0 radical (unpaired) electrons. The van der Waals surface area contributed by atoms with Crippen LogP contribution >= 0.6 is 0 Å². The van der Waals surface area contributed by atoms with Crippen LogP contribution in [0.5, 0.6) is 0 Å². The average molecular weight is 312 g/mol. The number of hydrogen-bond donors (Lipinski definition) is 1. The highest BCUT2D eigenvalue weighted by Gasteiger charge is 2.56. The van der Waals surface area contributed by atoms with E-state index in [9.17, 15) is 9.90 Å². The van der Waals surface area contributed by atoms with Crippen LogP contribution in [0.4, 0.5) is 0 Å². The van der Waals surface area contributed by atoms with Crippen molar-refractivity contribution in [3.05, 3.63) is 24.3 Å². The third-order valence-corrected chi connectivity index (χ3v) is 4.58. The highest BCUT2D eigenvalue weighted by molar-refractivity contribution is 5.82. The van der Waals surface area contributed by atoms with Crippen molar-refractivity contribution in [3.63, 3.8) is 0 Å². The van der Waals surface area contributed by atoms with Gasteiger partial charge in [-0.2, -0.15) is 0 Å². The molecular formula is C17H28O5. The van der Waals surface area contributed by atoms with E-state index >= 15 is 0 Å². The Morgan fingerprint density at radius 2 is 2.18 bits per heavy atom. The first-order valence-corrected chi connectivity index (χ1v) is 7.58. The number of ether oxygens (including phenoxy) is 3. The van der Waals surface area contributed by atoms with Crippen LogP contribution in [0.2, 0.25) is 0 Å². The Balaban J connectivity index is 3.32. The molecule has 1 rings (SSSR count). The van der Waals surface area contributed by atoms with E-state index < -0.39 is 23.3 Å². The molecule has 0 aromatic carbocycles. The highest BCUT2D eigenvalue weighted by atomic mass is 16.7. The van der Waals surface area contributed by atoms with Gasteiger partial charge in [-0.1, -0.05) is 26.8 Å². The van der Waals surface area contributed by atoms with Gasteiger partial charge in [-0.05, 0) is 24.8 Å².